The first kappa shape index (κ1) is 12.0. The average Bonchev–Trinajstić information content (AvgIpc) is 2.75. The molecule has 0 aliphatic rings. The molecule has 1 amide bonds. The summed E-state index contributed by atoms with van der Waals surface area (Å²) in [4.78, 5) is 21.0. The van der Waals surface area contributed by atoms with E-state index in [1.165, 1.54) is 11.3 Å². The van der Waals surface area contributed by atoms with Crippen LogP contribution in [0.25, 0.3) is 10.2 Å². The number of carbonyl (C=O) groups excluding carboxylic acids is 1. The van der Waals surface area contributed by atoms with Crippen LogP contribution in [0.3, 0.4) is 0 Å². The maximum atomic E-state index is 11.7. The van der Waals surface area contributed by atoms with Crippen LogP contribution in [-0.4, -0.2) is 17.5 Å². The SMILES string of the molecule is CC(C)CONC(=O)c1ccc2ncsc2c1. The van der Waals surface area contributed by atoms with E-state index in [4.69, 9.17) is 4.84 Å². The molecule has 1 heterocycles. The highest BCUT2D eigenvalue weighted by Crippen LogP contribution is 2.18. The van der Waals surface area contributed by atoms with Gasteiger partial charge in [0.05, 0.1) is 22.3 Å². The summed E-state index contributed by atoms with van der Waals surface area (Å²) in [6.07, 6.45) is 0. The number of rotatable bonds is 4. The van der Waals surface area contributed by atoms with Crippen LogP contribution in [0.1, 0.15) is 24.2 Å². The van der Waals surface area contributed by atoms with E-state index >= 15 is 0 Å². The van der Waals surface area contributed by atoms with E-state index in [0.717, 1.165) is 10.2 Å². The van der Waals surface area contributed by atoms with E-state index in [-0.39, 0.29) is 5.91 Å². The Hall–Kier alpha value is -1.46. The zero-order valence-electron chi connectivity index (χ0n) is 9.77. The molecule has 0 radical (unpaired) electrons. The highest BCUT2D eigenvalue weighted by molar-refractivity contribution is 7.16. The molecule has 1 N–H and O–H groups in total. The van der Waals surface area contributed by atoms with Gasteiger partial charge in [-0.05, 0) is 24.1 Å². The van der Waals surface area contributed by atoms with Gasteiger partial charge in [0.2, 0.25) is 0 Å². The van der Waals surface area contributed by atoms with Gasteiger partial charge in [-0.1, -0.05) is 13.8 Å². The van der Waals surface area contributed by atoms with Gasteiger partial charge in [-0.2, -0.15) is 0 Å². The zero-order chi connectivity index (χ0) is 12.3. The third-order valence-corrected chi connectivity index (χ3v) is 2.97. The van der Waals surface area contributed by atoms with Gasteiger partial charge in [0, 0.05) is 5.56 Å². The van der Waals surface area contributed by atoms with Crippen LogP contribution in [-0.2, 0) is 4.84 Å². The van der Waals surface area contributed by atoms with Crippen LogP contribution in [0.15, 0.2) is 23.7 Å². The van der Waals surface area contributed by atoms with Crippen LogP contribution in [0, 0.1) is 5.92 Å². The number of hydrogen-bond acceptors (Lipinski definition) is 4. The van der Waals surface area contributed by atoms with Crippen molar-refractivity contribution in [1.29, 1.82) is 0 Å². The Morgan fingerprint density at radius 2 is 2.35 bits per heavy atom. The van der Waals surface area contributed by atoms with Gasteiger partial charge in [0.15, 0.2) is 0 Å². The van der Waals surface area contributed by atoms with Gasteiger partial charge < -0.3 is 0 Å². The maximum Gasteiger partial charge on any atom is 0.274 e. The molecule has 0 saturated carbocycles. The summed E-state index contributed by atoms with van der Waals surface area (Å²) in [6, 6.07) is 5.40. The van der Waals surface area contributed by atoms with Gasteiger partial charge in [0.25, 0.3) is 5.91 Å². The lowest BCUT2D eigenvalue weighted by Gasteiger charge is -2.07. The maximum absolute atomic E-state index is 11.7. The van der Waals surface area contributed by atoms with E-state index in [1.54, 1.807) is 11.6 Å². The summed E-state index contributed by atoms with van der Waals surface area (Å²) in [5.41, 5.74) is 5.70. The Labute approximate surface area is 104 Å². The molecule has 0 atom stereocenters. The molecule has 1 aromatic heterocycles. The molecule has 1 aromatic carbocycles. The van der Waals surface area contributed by atoms with Crippen molar-refractivity contribution in [2.45, 2.75) is 13.8 Å². The van der Waals surface area contributed by atoms with Gasteiger partial charge in [-0.25, -0.2) is 10.5 Å². The lowest BCUT2D eigenvalue weighted by atomic mass is 10.2. The van der Waals surface area contributed by atoms with Gasteiger partial charge in [0.1, 0.15) is 0 Å². The Morgan fingerprint density at radius 1 is 1.53 bits per heavy atom. The van der Waals surface area contributed by atoms with Crippen molar-refractivity contribution in [2.75, 3.05) is 6.61 Å². The molecule has 0 fully saturated rings. The summed E-state index contributed by atoms with van der Waals surface area (Å²) >= 11 is 1.52. The highest BCUT2D eigenvalue weighted by Gasteiger charge is 2.07. The zero-order valence-corrected chi connectivity index (χ0v) is 10.6. The molecule has 90 valence electrons. The van der Waals surface area contributed by atoms with Crippen molar-refractivity contribution in [3.63, 3.8) is 0 Å². The molecule has 0 spiro atoms. The van der Waals surface area contributed by atoms with Crippen molar-refractivity contribution < 1.29 is 9.63 Å². The average molecular weight is 250 g/mol. The second-order valence-corrected chi connectivity index (χ2v) is 5.06. The highest BCUT2D eigenvalue weighted by atomic mass is 32.1. The second-order valence-electron chi connectivity index (χ2n) is 4.17. The van der Waals surface area contributed by atoms with E-state index < -0.39 is 0 Å². The number of amides is 1. The number of aromatic nitrogens is 1. The minimum absolute atomic E-state index is 0.221. The fourth-order valence-electron chi connectivity index (χ4n) is 1.33. The number of carbonyl (C=O) groups is 1. The fourth-order valence-corrected chi connectivity index (χ4v) is 2.05. The summed E-state index contributed by atoms with van der Waals surface area (Å²) in [7, 11) is 0. The molecule has 5 heteroatoms. The molecule has 0 bridgehead atoms. The number of nitrogens with one attached hydrogen (secondary N) is 1. The summed E-state index contributed by atoms with van der Waals surface area (Å²) in [5.74, 6) is 0.167. The van der Waals surface area contributed by atoms with E-state index in [9.17, 15) is 4.79 Å². The van der Waals surface area contributed by atoms with Crippen LogP contribution in [0.4, 0.5) is 0 Å². The van der Waals surface area contributed by atoms with Crippen LogP contribution in [0.2, 0.25) is 0 Å². The van der Waals surface area contributed by atoms with Crippen molar-refractivity contribution in [2.24, 2.45) is 5.92 Å². The molecule has 4 nitrogen and oxygen atoms in total. The second kappa shape index (κ2) is 5.25. The van der Waals surface area contributed by atoms with Crippen molar-refractivity contribution in [1.82, 2.24) is 10.5 Å². The predicted octanol–water partition coefficient (Wildman–Crippen LogP) is 2.61. The Bertz CT molecular complexity index is 522. The number of fused-ring (bicyclic) bond motifs is 1. The predicted molar refractivity (Wildman–Crippen MR) is 67.9 cm³/mol. The van der Waals surface area contributed by atoms with E-state index in [2.05, 4.69) is 10.5 Å². The third-order valence-electron chi connectivity index (χ3n) is 2.17. The molecular formula is C12H14N2O2S. The monoisotopic (exact) mass is 250 g/mol. The fraction of sp³-hybridized carbons (Fsp3) is 0.333. The van der Waals surface area contributed by atoms with E-state index in [1.807, 2.05) is 26.0 Å². The first-order valence-corrected chi connectivity index (χ1v) is 6.30. The lowest BCUT2D eigenvalue weighted by Crippen LogP contribution is -2.25. The largest absolute Gasteiger partial charge is 0.274 e. The van der Waals surface area contributed by atoms with Crippen molar-refractivity contribution in [3.05, 3.63) is 29.3 Å². The van der Waals surface area contributed by atoms with E-state index in [0.29, 0.717) is 18.1 Å². The van der Waals surface area contributed by atoms with Crippen LogP contribution >= 0.6 is 11.3 Å². The minimum Gasteiger partial charge on any atom is -0.273 e. The van der Waals surface area contributed by atoms with Crippen molar-refractivity contribution >= 4 is 27.5 Å². The topological polar surface area (TPSA) is 51.2 Å². The molecule has 17 heavy (non-hydrogen) atoms. The molecule has 0 saturated heterocycles. The number of hydroxylamine groups is 1. The molecule has 2 rings (SSSR count). The molecule has 0 unspecified atom stereocenters. The summed E-state index contributed by atoms with van der Waals surface area (Å²) in [5, 5.41) is 0. The quantitative estimate of drug-likeness (QED) is 0.849. The standard InChI is InChI=1S/C12H14N2O2S/c1-8(2)6-16-14-12(15)9-3-4-10-11(5-9)17-7-13-10/h3-5,7-8H,6H2,1-2H3,(H,14,15). The van der Waals surface area contributed by atoms with Crippen LogP contribution in [0.5, 0.6) is 0 Å². The lowest BCUT2D eigenvalue weighted by molar-refractivity contribution is 0.0209. The molecule has 0 aliphatic heterocycles. The first-order chi connectivity index (χ1) is 8.16. The number of hydrogen-bond donors (Lipinski definition) is 1. The Balaban J connectivity index is 2.03. The minimum atomic E-state index is -0.221. The Morgan fingerprint density at radius 3 is 3.12 bits per heavy atom. The molecular weight excluding hydrogens is 236 g/mol. The smallest absolute Gasteiger partial charge is 0.273 e. The third kappa shape index (κ3) is 3.01. The number of thiazole rings is 1. The molecule has 0 aliphatic carbocycles. The van der Waals surface area contributed by atoms with Gasteiger partial charge >= 0.3 is 0 Å². The van der Waals surface area contributed by atoms with Crippen molar-refractivity contribution in [3.8, 4) is 0 Å². The van der Waals surface area contributed by atoms with Crippen LogP contribution < -0.4 is 5.48 Å². The number of benzene rings is 1. The Kier molecular flexibility index (Phi) is 3.71. The number of nitrogens with zero attached hydrogens (tertiary/aromatic N) is 1. The van der Waals surface area contributed by atoms with Gasteiger partial charge in [-0.3, -0.25) is 9.63 Å². The van der Waals surface area contributed by atoms with Gasteiger partial charge in [-0.15, -0.1) is 11.3 Å². The normalized spacial score (nSPS) is 11.0. The summed E-state index contributed by atoms with van der Waals surface area (Å²) < 4.78 is 1.00. The molecule has 2 aromatic rings. The summed E-state index contributed by atoms with van der Waals surface area (Å²) in [6.45, 7) is 4.56. The first-order valence-electron chi connectivity index (χ1n) is 5.42.